The summed E-state index contributed by atoms with van der Waals surface area (Å²) in [4.78, 5) is 26.6. The molecule has 3 aromatic rings. The van der Waals surface area contributed by atoms with Gasteiger partial charge in [-0.15, -0.1) is 0 Å². The van der Waals surface area contributed by atoms with Gasteiger partial charge < -0.3 is 14.8 Å². The molecule has 180 valence electrons. The molecule has 1 saturated heterocycles. The monoisotopic (exact) mass is 534 g/mol. The summed E-state index contributed by atoms with van der Waals surface area (Å²) >= 11 is 3.57. The molecule has 0 unspecified atom stereocenters. The van der Waals surface area contributed by atoms with Gasteiger partial charge in [-0.1, -0.05) is 59.7 Å². The van der Waals surface area contributed by atoms with Gasteiger partial charge in [-0.2, -0.15) is 0 Å². The van der Waals surface area contributed by atoms with Crippen LogP contribution in [0.2, 0.25) is 0 Å². The Morgan fingerprint density at radius 3 is 2.17 bits per heavy atom. The Balaban J connectivity index is 1.54. The summed E-state index contributed by atoms with van der Waals surface area (Å²) in [6, 6.07) is 19.1. The zero-order chi connectivity index (χ0) is 24.9. The molecule has 3 aromatic carbocycles. The number of aryl methyl sites for hydroxylation is 2. The number of ether oxygens (including phenoxy) is 2. The number of imide groups is 1. The van der Waals surface area contributed by atoms with Crippen molar-refractivity contribution in [1.29, 1.82) is 0 Å². The molecule has 7 heteroatoms. The van der Waals surface area contributed by atoms with Gasteiger partial charge in [0.25, 0.3) is 5.91 Å². The lowest BCUT2D eigenvalue weighted by molar-refractivity contribution is -0.123. The lowest BCUT2D eigenvalue weighted by atomic mass is 10.1. The number of carbonyl (C=O) groups is 2. The Morgan fingerprint density at radius 1 is 0.914 bits per heavy atom. The molecule has 6 nitrogen and oxygen atoms in total. The first kappa shape index (κ1) is 24.5. The molecule has 0 radical (unpaired) electrons. The van der Waals surface area contributed by atoms with Crippen molar-refractivity contribution in [2.45, 2.75) is 33.9 Å². The molecule has 0 bridgehead atoms. The van der Waals surface area contributed by atoms with E-state index >= 15 is 0 Å². The molecule has 1 aliphatic rings. The van der Waals surface area contributed by atoms with E-state index in [-0.39, 0.29) is 18.1 Å². The average Bonchev–Trinajstić information content (AvgIpc) is 3.08. The Hall–Kier alpha value is -3.58. The summed E-state index contributed by atoms with van der Waals surface area (Å²) in [5, 5.41) is 2.68. The molecule has 35 heavy (non-hydrogen) atoms. The minimum absolute atomic E-state index is 0.210. The largest absolute Gasteiger partial charge is 0.490 e. The predicted molar refractivity (Wildman–Crippen MR) is 139 cm³/mol. The van der Waals surface area contributed by atoms with Crippen molar-refractivity contribution in [3.8, 4) is 11.5 Å². The normalized spacial score (nSPS) is 14.4. The number of nitrogens with one attached hydrogen (secondary N) is 1. The zero-order valence-corrected chi connectivity index (χ0v) is 21.5. The third kappa shape index (κ3) is 5.92. The lowest BCUT2D eigenvalue weighted by Gasteiger charge is -2.15. The van der Waals surface area contributed by atoms with E-state index < -0.39 is 6.03 Å². The fourth-order valence-corrected chi connectivity index (χ4v) is 4.25. The van der Waals surface area contributed by atoms with Crippen molar-refractivity contribution >= 4 is 33.9 Å². The maximum atomic E-state index is 12.9. The first-order valence-electron chi connectivity index (χ1n) is 11.4. The fourth-order valence-electron chi connectivity index (χ4n) is 3.67. The summed E-state index contributed by atoms with van der Waals surface area (Å²) in [5.41, 5.74) is 5.15. The van der Waals surface area contributed by atoms with Crippen molar-refractivity contribution in [2.75, 3.05) is 6.61 Å². The van der Waals surface area contributed by atoms with E-state index in [1.54, 1.807) is 12.1 Å². The summed E-state index contributed by atoms with van der Waals surface area (Å²) < 4.78 is 12.6. The van der Waals surface area contributed by atoms with Crippen LogP contribution < -0.4 is 14.8 Å². The van der Waals surface area contributed by atoms with Crippen molar-refractivity contribution < 1.29 is 19.1 Å². The Labute approximate surface area is 213 Å². The molecule has 0 aromatic heterocycles. The molecule has 1 N–H and O–H groups in total. The number of nitrogens with zero attached hydrogens (tertiary/aromatic N) is 1. The van der Waals surface area contributed by atoms with Gasteiger partial charge in [0.1, 0.15) is 12.3 Å². The van der Waals surface area contributed by atoms with Crippen molar-refractivity contribution in [3.63, 3.8) is 0 Å². The molecule has 0 saturated carbocycles. The highest BCUT2D eigenvalue weighted by Gasteiger charge is 2.33. The Morgan fingerprint density at radius 2 is 1.54 bits per heavy atom. The van der Waals surface area contributed by atoms with Gasteiger partial charge >= 0.3 is 6.03 Å². The van der Waals surface area contributed by atoms with Crippen LogP contribution in [0.4, 0.5) is 4.79 Å². The van der Waals surface area contributed by atoms with Crippen LogP contribution in [0.15, 0.2) is 70.8 Å². The van der Waals surface area contributed by atoms with Gasteiger partial charge in [0.15, 0.2) is 11.5 Å². The molecule has 3 amide bonds. The number of halogens is 1. The standard InChI is InChI=1S/C28H27BrN2O4/c1-4-34-25-15-22(13-23(29)26(25)35-17-21-11-7-19(3)8-12-21)14-24-27(32)31(28(33)30-24)16-20-9-5-18(2)6-10-20/h5-15H,4,16-17H2,1-3H3,(H,30,33)/b24-14+. The van der Waals surface area contributed by atoms with Crippen LogP contribution in [0.1, 0.15) is 34.7 Å². The van der Waals surface area contributed by atoms with E-state index in [1.807, 2.05) is 75.4 Å². The highest BCUT2D eigenvalue weighted by atomic mass is 79.9. The predicted octanol–water partition coefficient (Wildman–Crippen LogP) is 6.14. The second kappa shape index (κ2) is 10.8. The topological polar surface area (TPSA) is 67.9 Å². The second-order valence-electron chi connectivity index (χ2n) is 8.40. The summed E-state index contributed by atoms with van der Waals surface area (Å²) in [5.74, 6) is 0.760. The first-order chi connectivity index (χ1) is 16.8. The summed E-state index contributed by atoms with van der Waals surface area (Å²) in [6.45, 7) is 6.98. The smallest absolute Gasteiger partial charge is 0.329 e. The van der Waals surface area contributed by atoms with Crippen molar-refractivity contribution in [1.82, 2.24) is 10.2 Å². The van der Waals surface area contributed by atoms with Gasteiger partial charge in [0, 0.05) is 0 Å². The Bertz CT molecular complexity index is 1270. The molecule has 0 spiro atoms. The molecule has 1 fully saturated rings. The quantitative estimate of drug-likeness (QED) is 0.278. The third-order valence-electron chi connectivity index (χ3n) is 5.57. The number of amides is 3. The van der Waals surface area contributed by atoms with Crippen LogP contribution in [-0.2, 0) is 17.9 Å². The van der Waals surface area contributed by atoms with Crippen LogP contribution in [0.3, 0.4) is 0 Å². The van der Waals surface area contributed by atoms with E-state index in [2.05, 4.69) is 21.2 Å². The van der Waals surface area contributed by atoms with Crippen LogP contribution in [0, 0.1) is 13.8 Å². The molecule has 4 rings (SSSR count). The highest BCUT2D eigenvalue weighted by Crippen LogP contribution is 2.38. The third-order valence-corrected chi connectivity index (χ3v) is 6.16. The van der Waals surface area contributed by atoms with E-state index in [0.29, 0.717) is 34.7 Å². The van der Waals surface area contributed by atoms with Gasteiger partial charge in [0.05, 0.1) is 17.6 Å². The minimum atomic E-state index is -0.441. The van der Waals surface area contributed by atoms with Gasteiger partial charge in [0.2, 0.25) is 0 Å². The van der Waals surface area contributed by atoms with Gasteiger partial charge in [-0.3, -0.25) is 9.69 Å². The van der Waals surface area contributed by atoms with E-state index in [4.69, 9.17) is 9.47 Å². The van der Waals surface area contributed by atoms with E-state index in [1.165, 1.54) is 10.5 Å². The van der Waals surface area contributed by atoms with Gasteiger partial charge in [-0.05, 0) is 71.6 Å². The maximum absolute atomic E-state index is 12.9. The Kier molecular flexibility index (Phi) is 7.56. The minimum Gasteiger partial charge on any atom is -0.490 e. The van der Waals surface area contributed by atoms with E-state index in [0.717, 1.165) is 16.7 Å². The van der Waals surface area contributed by atoms with Crippen LogP contribution in [0.5, 0.6) is 11.5 Å². The number of urea groups is 1. The number of carbonyl (C=O) groups excluding carboxylic acids is 2. The number of hydrogen-bond donors (Lipinski definition) is 1. The van der Waals surface area contributed by atoms with Crippen molar-refractivity contribution in [3.05, 3.63) is 98.7 Å². The molecule has 0 aliphatic carbocycles. The van der Waals surface area contributed by atoms with Crippen LogP contribution in [-0.4, -0.2) is 23.4 Å². The SMILES string of the molecule is CCOc1cc(/C=C2/NC(=O)N(Cc3ccc(C)cc3)C2=O)cc(Br)c1OCc1ccc(C)cc1. The van der Waals surface area contributed by atoms with E-state index in [9.17, 15) is 9.59 Å². The fraction of sp³-hybridized carbons (Fsp3) is 0.214. The molecular formula is C28H27BrN2O4. The summed E-state index contributed by atoms with van der Waals surface area (Å²) in [6.07, 6.45) is 1.65. The number of benzene rings is 3. The highest BCUT2D eigenvalue weighted by molar-refractivity contribution is 9.10. The second-order valence-corrected chi connectivity index (χ2v) is 9.26. The molecular weight excluding hydrogens is 508 g/mol. The molecule has 1 heterocycles. The number of rotatable bonds is 8. The van der Waals surface area contributed by atoms with Crippen LogP contribution in [0.25, 0.3) is 6.08 Å². The molecule has 0 atom stereocenters. The zero-order valence-electron chi connectivity index (χ0n) is 19.9. The van der Waals surface area contributed by atoms with Crippen molar-refractivity contribution in [2.24, 2.45) is 0 Å². The van der Waals surface area contributed by atoms with Crippen LogP contribution >= 0.6 is 15.9 Å². The summed E-state index contributed by atoms with van der Waals surface area (Å²) in [7, 11) is 0. The average molecular weight is 535 g/mol. The lowest BCUT2D eigenvalue weighted by Crippen LogP contribution is -2.30. The first-order valence-corrected chi connectivity index (χ1v) is 12.2. The maximum Gasteiger partial charge on any atom is 0.329 e. The number of hydrogen-bond acceptors (Lipinski definition) is 4. The van der Waals surface area contributed by atoms with Gasteiger partial charge in [-0.25, -0.2) is 4.79 Å². The molecule has 1 aliphatic heterocycles.